The fourth-order valence-electron chi connectivity index (χ4n) is 3.51. The molecular formula is C26H34Cl2N2O3. The van der Waals surface area contributed by atoms with Crippen LogP contribution in [0, 0.1) is 0 Å². The van der Waals surface area contributed by atoms with Gasteiger partial charge in [0.15, 0.2) is 6.61 Å². The molecule has 2 aromatic carbocycles. The Balaban J connectivity index is 2.29. The summed E-state index contributed by atoms with van der Waals surface area (Å²) in [5.41, 5.74) is 1.82. The van der Waals surface area contributed by atoms with Crippen LogP contribution in [-0.4, -0.2) is 35.4 Å². The van der Waals surface area contributed by atoms with Crippen molar-refractivity contribution in [2.75, 3.05) is 6.61 Å². The van der Waals surface area contributed by atoms with Crippen molar-refractivity contribution < 1.29 is 14.3 Å². The second-order valence-electron chi connectivity index (χ2n) is 8.49. The largest absolute Gasteiger partial charge is 0.483 e. The molecule has 0 radical (unpaired) electrons. The van der Waals surface area contributed by atoms with Gasteiger partial charge in [-0.2, -0.15) is 0 Å². The Bertz CT molecular complexity index is 949. The summed E-state index contributed by atoms with van der Waals surface area (Å²) in [4.78, 5) is 28.0. The zero-order chi connectivity index (χ0) is 24.5. The number of benzene rings is 2. The predicted octanol–water partition coefficient (Wildman–Crippen LogP) is 6.22. The van der Waals surface area contributed by atoms with Crippen molar-refractivity contribution in [1.29, 1.82) is 0 Å². The fraction of sp³-hybridized carbons (Fsp3) is 0.462. The van der Waals surface area contributed by atoms with Crippen LogP contribution < -0.4 is 10.1 Å². The van der Waals surface area contributed by atoms with E-state index < -0.39 is 6.04 Å². The molecule has 0 heterocycles. The summed E-state index contributed by atoms with van der Waals surface area (Å²) in [5.74, 6) is 0.481. The molecule has 0 aliphatic carbocycles. The smallest absolute Gasteiger partial charge is 0.261 e. The van der Waals surface area contributed by atoms with Crippen molar-refractivity contribution in [3.8, 4) is 5.75 Å². The number of hydrogen-bond donors (Lipinski definition) is 1. The fourth-order valence-corrected chi connectivity index (χ4v) is 3.83. The Hall–Kier alpha value is -2.24. The second-order valence-corrected chi connectivity index (χ2v) is 9.31. The molecular weight excluding hydrogens is 459 g/mol. The first kappa shape index (κ1) is 27.0. The maximum absolute atomic E-state index is 13.4. The Labute approximate surface area is 207 Å². The van der Waals surface area contributed by atoms with E-state index in [0.29, 0.717) is 22.2 Å². The van der Waals surface area contributed by atoms with Gasteiger partial charge in [0, 0.05) is 12.6 Å². The monoisotopic (exact) mass is 492 g/mol. The Kier molecular flexibility index (Phi) is 10.5. The quantitative estimate of drug-likeness (QED) is 0.405. The van der Waals surface area contributed by atoms with E-state index >= 15 is 0 Å². The molecule has 0 aliphatic rings. The lowest BCUT2D eigenvalue weighted by Crippen LogP contribution is -2.51. The Morgan fingerprint density at radius 2 is 1.70 bits per heavy atom. The van der Waals surface area contributed by atoms with Crippen LogP contribution in [0.4, 0.5) is 0 Å². The number of hydrogen-bond acceptors (Lipinski definition) is 3. The SMILES string of the molecule is CC[C@H](C(=O)N[C@@H](C)CC)N(Cc1ccc(Cl)c(Cl)c1)C(=O)COc1ccccc1C(C)C. The molecule has 0 saturated carbocycles. The van der Waals surface area contributed by atoms with E-state index in [1.807, 2.05) is 51.1 Å². The van der Waals surface area contributed by atoms with Crippen molar-refractivity contribution in [2.24, 2.45) is 0 Å². The molecule has 0 bridgehead atoms. The van der Waals surface area contributed by atoms with Gasteiger partial charge in [0.1, 0.15) is 11.8 Å². The molecule has 0 saturated heterocycles. The van der Waals surface area contributed by atoms with Gasteiger partial charge in [-0.1, -0.05) is 75.2 Å². The molecule has 2 aromatic rings. The standard InChI is InChI=1S/C26H34Cl2N2O3/c1-6-18(5)29-26(32)23(7-2)30(15-19-12-13-21(27)22(28)14-19)25(31)16-33-24-11-9-8-10-20(24)17(3)4/h8-14,17-18,23H,6-7,15-16H2,1-5H3,(H,29,32)/t18-,23+/m0/s1. The molecule has 0 aliphatic heterocycles. The van der Waals surface area contributed by atoms with Crippen LogP contribution in [-0.2, 0) is 16.1 Å². The van der Waals surface area contributed by atoms with Crippen molar-refractivity contribution in [3.63, 3.8) is 0 Å². The number of carbonyl (C=O) groups is 2. The number of para-hydroxylation sites is 1. The Morgan fingerprint density at radius 1 is 1.00 bits per heavy atom. The minimum absolute atomic E-state index is 0.0163. The highest BCUT2D eigenvalue weighted by Gasteiger charge is 2.29. The highest BCUT2D eigenvalue weighted by atomic mass is 35.5. The minimum Gasteiger partial charge on any atom is -0.483 e. The van der Waals surface area contributed by atoms with E-state index in [9.17, 15) is 9.59 Å². The molecule has 33 heavy (non-hydrogen) atoms. The van der Waals surface area contributed by atoms with Gasteiger partial charge >= 0.3 is 0 Å². The molecule has 2 rings (SSSR count). The lowest BCUT2D eigenvalue weighted by atomic mass is 10.0. The first-order chi connectivity index (χ1) is 15.7. The zero-order valence-electron chi connectivity index (χ0n) is 20.0. The summed E-state index contributed by atoms with van der Waals surface area (Å²) < 4.78 is 5.93. The summed E-state index contributed by atoms with van der Waals surface area (Å²) in [6.07, 6.45) is 1.27. The first-order valence-corrected chi connectivity index (χ1v) is 12.2. The molecule has 7 heteroatoms. The number of nitrogens with one attached hydrogen (secondary N) is 1. The molecule has 0 spiro atoms. The molecule has 1 N–H and O–H groups in total. The summed E-state index contributed by atoms with van der Waals surface area (Å²) in [6, 6.07) is 12.3. The highest BCUT2D eigenvalue weighted by molar-refractivity contribution is 6.42. The Morgan fingerprint density at radius 3 is 2.30 bits per heavy atom. The van der Waals surface area contributed by atoms with Crippen molar-refractivity contribution >= 4 is 35.0 Å². The van der Waals surface area contributed by atoms with Crippen LogP contribution in [0.3, 0.4) is 0 Å². The second kappa shape index (κ2) is 12.9. The first-order valence-electron chi connectivity index (χ1n) is 11.4. The number of rotatable bonds is 11. The number of carbonyl (C=O) groups excluding carboxylic acids is 2. The van der Waals surface area contributed by atoms with Crippen molar-refractivity contribution in [2.45, 2.75) is 72.0 Å². The summed E-state index contributed by atoms with van der Waals surface area (Å²) >= 11 is 12.2. The molecule has 0 aromatic heterocycles. The normalized spacial score (nSPS) is 12.8. The van der Waals surface area contributed by atoms with Crippen LogP contribution in [0.2, 0.25) is 10.0 Å². The zero-order valence-corrected chi connectivity index (χ0v) is 21.5. The van der Waals surface area contributed by atoms with Crippen LogP contribution in [0.25, 0.3) is 0 Å². The van der Waals surface area contributed by atoms with Crippen LogP contribution in [0.15, 0.2) is 42.5 Å². The average Bonchev–Trinajstić information content (AvgIpc) is 2.79. The van der Waals surface area contributed by atoms with Gasteiger partial charge in [-0.3, -0.25) is 9.59 Å². The van der Waals surface area contributed by atoms with Gasteiger partial charge in [0.05, 0.1) is 10.0 Å². The summed E-state index contributed by atoms with van der Waals surface area (Å²) in [5, 5.41) is 3.84. The van der Waals surface area contributed by atoms with Gasteiger partial charge in [-0.05, 0) is 55.0 Å². The van der Waals surface area contributed by atoms with Gasteiger partial charge in [-0.25, -0.2) is 0 Å². The van der Waals surface area contributed by atoms with E-state index in [-0.39, 0.29) is 36.9 Å². The lowest BCUT2D eigenvalue weighted by molar-refractivity contribution is -0.143. The third-order valence-corrected chi connectivity index (χ3v) is 6.36. The number of halogens is 2. The van der Waals surface area contributed by atoms with Gasteiger partial charge < -0.3 is 15.0 Å². The lowest BCUT2D eigenvalue weighted by Gasteiger charge is -2.31. The van der Waals surface area contributed by atoms with Crippen LogP contribution in [0.1, 0.15) is 64.5 Å². The van der Waals surface area contributed by atoms with Gasteiger partial charge in [0.25, 0.3) is 5.91 Å². The van der Waals surface area contributed by atoms with Gasteiger partial charge in [0.2, 0.25) is 5.91 Å². The average molecular weight is 493 g/mol. The van der Waals surface area contributed by atoms with E-state index in [2.05, 4.69) is 19.2 Å². The number of nitrogens with zero attached hydrogens (tertiary/aromatic N) is 1. The predicted molar refractivity (Wildman–Crippen MR) is 135 cm³/mol. The van der Waals surface area contributed by atoms with Crippen molar-refractivity contribution in [3.05, 3.63) is 63.6 Å². The molecule has 5 nitrogen and oxygen atoms in total. The number of amides is 2. The summed E-state index contributed by atoms with van der Waals surface area (Å²) in [6.45, 7) is 10.0. The number of ether oxygens (including phenoxy) is 1. The third kappa shape index (κ3) is 7.65. The van der Waals surface area contributed by atoms with E-state index in [1.165, 1.54) is 0 Å². The van der Waals surface area contributed by atoms with E-state index in [1.54, 1.807) is 17.0 Å². The third-order valence-electron chi connectivity index (χ3n) is 5.62. The molecule has 2 amide bonds. The van der Waals surface area contributed by atoms with E-state index in [0.717, 1.165) is 17.5 Å². The minimum atomic E-state index is -0.634. The summed E-state index contributed by atoms with van der Waals surface area (Å²) in [7, 11) is 0. The van der Waals surface area contributed by atoms with Gasteiger partial charge in [-0.15, -0.1) is 0 Å². The maximum Gasteiger partial charge on any atom is 0.261 e. The van der Waals surface area contributed by atoms with Crippen molar-refractivity contribution in [1.82, 2.24) is 10.2 Å². The van der Waals surface area contributed by atoms with Crippen LogP contribution in [0.5, 0.6) is 5.75 Å². The topological polar surface area (TPSA) is 58.6 Å². The molecule has 2 atom stereocenters. The molecule has 0 fully saturated rings. The molecule has 180 valence electrons. The van der Waals surface area contributed by atoms with E-state index in [4.69, 9.17) is 27.9 Å². The maximum atomic E-state index is 13.4. The van der Waals surface area contributed by atoms with Crippen LogP contribution >= 0.6 is 23.2 Å². The highest BCUT2D eigenvalue weighted by Crippen LogP contribution is 2.27. The molecule has 0 unspecified atom stereocenters.